The van der Waals surface area contributed by atoms with E-state index in [1.54, 1.807) is 24.1 Å². The lowest BCUT2D eigenvalue weighted by Crippen LogP contribution is -2.44. The first-order valence-electron chi connectivity index (χ1n) is 9.49. The Kier molecular flexibility index (Phi) is 8.26. The van der Waals surface area contributed by atoms with Crippen molar-refractivity contribution < 1.29 is 19.1 Å². The summed E-state index contributed by atoms with van der Waals surface area (Å²) >= 11 is 6.16. The van der Waals surface area contributed by atoms with Gasteiger partial charge in [0.2, 0.25) is 17.7 Å². The van der Waals surface area contributed by atoms with Gasteiger partial charge in [0.05, 0.1) is 13.2 Å². The zero-order valence-corrected chi connectivity index (χ0v) is 17.5. The summed E-state index contributed by atoms with van der Waals surface area (Å²) in [6.45, 7) is 4.66. The van der Waals surface area contributed by atoms with E-state index in [0.29, 0.717) is 30.3 Å². The third-order valence-corrected chi connectivity index (χ3v) is 5.22. The van der Waals surface area contributed by atoms with E-state index in [-0.39, 0.29) is 37.5 Å². The topological polar surface area (TPSA) is 70.2 Å². The van der Waals surface area contributed by atoms with Gasteiger partial charge in [-0.3, -0.25) is 19.3 Å². The minimum Gasteiger partial charge on any atom is -0.383 e. The smallest absolute Gasteiger partial charge is 0.248 e. The Morgan fingerprint density at radius 1 is 1.32 bits per heavy atom. The molecule has 1 saturated heterocycles. The summed E-state index contributed by atoms with van der Waals surface area (Å²) in [6, 6.07) is 5.35. The summed E-state index contributed by atoms with van der Waals surface area (Å²) in [7, 11) is 1.56. The highest BCUT2D eigenvalue weighted by Crippen LogP contribution is 2.28. The van der Waals surface area contributed by atoms with Crippen LogP contribution in [0.1, 0.15) is 31.7 Å². The molecule has 0 atom stereocenters. The van der Waals surface area contributed by atoms with Crippen molar-refractivity contribution in [2.75, 3.05) is 44.9 Å². The molecule has 1 aromatic rings. The Balaban J connectivity index is 2.05. The molecule has 1 aliphatic heterocycles. The summed E-state index contributed by atoms with van der Waals surface area (Å²) in [6.07, 6.45) is 2.09. The van der Waals surface area contributed by atoms with E-state index in [1.807, 2.05) is 19.9 Å². The van der Waals surface area contributed by atoms with Gasteiger partial charge in [-0.15, -0.1) is 0 Å². The molecule has 8 heteroatoms. The molecule has 1 aliphatic rings. The number of hydrogen-bond acceptors (Lipinski definition) is 4. The molecule has 2 rings (SSSR count). The second-order valence-corrected chi connectivity index (χ2v) is 7.26. The lowest BCUT2D eigenvalue weighted by Gasteiger charge is -2.25. The maximum Gasteiger partial charge on any atom is 0.248 e. The maximum absolute atomic E-state index is 12.8. The van der Waals surface area contributed by atoms with E-state index in [0.717, 1.165) is 18.4 Å². The predicted octanol–water partition coefficient (Wildman–Crippen LogP) is 2.45. The number of amides is 3. The van der Waals surface area contributed by atoms with Gasteiger partial charge in [-0.1, -0.05) is 31.0 Å². The van der Waals surface area contributed by atoms with Gasteiger partial charge in [0.15, 0.2) is 0 Å². The second-order valence-electron chi connectivity index (χ2n) is 6.85. The molecule has 7 nitrogen and oxygen atoms in total. The van der Waals surface area contributed by atoms with E-state index < -0.39 is 0 Å². The van der Waals surface area contributed by atoms with E-state index in [9.17, 15) is 14.4 Å². The van der Waals surface area contributed by atoms with Crippen LogP contribution < -0.4 is 4.90 Å². The Morgan fingerprint density at radius 2 is 2.07 bits per heavy atom. The largest absolute Gasteiger partial charge is 0.383 e. The predicted molar refractivity (Wildman–Crippen MR) is 108 cm³/mol. The molecule has 0 saturated carbocycles. The summed E-state index contributed by atoms with van der Waals surface area (Å²) in [4.78, 5) is 42.2. The Morgan fingerprint density at radius 3 is 2.75 bits per heavy atom. The summed E-state index contributed by atoms with van der Waals surface area (Å²) in [5, 5.41) is 0.572. The maximum atomic E-state index is 12.8. The van der Waals surface area contributed by atoms with Crippen molar-refractivity contribution in [2.45, 2.75) is 33.1 Å². The SMILES string of the molecule is CCCCC(=O)N(CCOC)CC(=O)N1CC(=O)N(c2cccc(Cl)c2C)C1. The fraction of sp³-hybridized carbons (Fsp3) is 0.550. The van der Waals surface area contributed by atoms with E-state index in [4.69, 9.17) is 16.3 Å². The zero-order valence-electron chi connectivity index (χ0n) is 16.7. The van der Waals surface area contributed by atoms with Gasteiger partial charge in [-0.2, -0.15) is 0 Å². The molecule has 0 bridgehead atoms. The molecule has 0 radical (unpaired) electrons. The molecule has 28 heavy (non-hydrogen) atoms. The summed E-state index contributed by atoms with van der Waals surface area (Å²) in [5.41, 5.74) is 1.49. The molecule has 1 fully saturated rings. The lowest BCUT2D eigenvalue weighted by atomic mass is 10.2. The van der Waals surface area contributed by atoms with Crippen molar-refractivity contribution in [3.63, 3.8) is 0 Å². The van der Waals surface area contributed by atoms with Crippen LogP contribution in [0.25, 0.3) is 0 Å². The number of nitrogens with zero attached hydrogens (tertiary/aromatic N) is 3. The van der Waals surface area contributed by atoms with Gasteiger partial charge in [0.1, 0.15) is 13.2 Å². The quantitative estimate of drug-likeness (QED) is 0.628. The fourth-order valence-electron chi connectivity index (χ4n) is 3.06. The van der Waals surface area contributed by atoms with E-state index in [2.05, 4.69) is 0 Å². The van der Waals surface area contributed by atoms with E-state index in [1.165, 1.54) is 9.80 Å². The molecule has 0 unspecified atom stereocenters. The first kappa shape index (κ1) is 22.2. The van der Waals surface area contributed by atoms with Gasteiger partial charge >= 0.3 is 0 Å². The Hall–Kier alpha value is -2.12. The third-order valence-electron chi connectivity index (χ3n) is 4.81. The van der Waals surface area contributed by atoms with Crippen molar-refractivity contribution in [3.05, 3.63) is 28.8 Å². The summed E-state index contributed by atoms with van der Waals surface area (Å²) < 4.78 is 5.06. The number of rotatable bonds is 9. The van der Waals surface area contributed by atoms with Crippen molar-refractivity contribution >= 4 is 35.0 Å². The second kappa shape index (κ2) is 10.4. The van der Waals surface area contributed by atoms with Gasteiger partial charge < -0.3 is 14.5 Å². The number of hydrogen-bond donors (Lipinski definition) is 0. The van der Waals surface area contributed by atoms with Crippen LogP contribution in [0.5, 0.6) is 0 Å². The minimum absolute atomic E-state index is 0.00788. The van der Waals surface area contributed by atoms with Crippen LogP contribution in [0.15, 0.2) is 18.2 Å². The number of unbranched alkanes of at least 4 members (excludes halogenated alkanes) is 1. The van der Waals surface area contributed by atoms with Crippen molar-refractivity contribution in [1.82, 2.24) is 9.80 Å². The van der Waals surface area contributed by atoms with Gasteiger partial charge in [-0.25, -0.2) is 0 Å². The Bertz CT molecular complexity index is 725. The Labute approximate surface area is 171 Å². The molecule has 3 amide bonds. The van der Waals surface area contributed by atoms with Crippen LogP contribution in [0.3, 0.4) is 0 Å². The van der Waals surface area contributed by atoms with Crippen LogP contribution in [0, 0.1) is 6.92 Å². The number of benzene rings is 1. The van der Waals surface area contributed by atoms with Crippen LogP contribution in [-0.4, -0.2) is 67.5 Å². The first-order chi connectivity index (χ1) is 13.4. The number of carbonyl (C=O) groups is 3. The summed E-state index contributed by atoms with van der Waals surface area (Å²) in [5.74, 6) is -0.490. The van der Waals surface area contributed by atoms with Crippen LogP contribution >= 0.6 is 11.6 Å². The molecule has 154 valence electrons. The molecule has 0 spiro atoms. The number of anilines is 1. The fourth-order valence-corrected chi connectivity index (χ4v) is 3.23. The molecule has 0 N–H and O–H groups in total. The highest BCUT2D eigenvalue weighted by atomic mass is 35.5. The number of carbonyl (C=O) groups excluding carboxylic acids is 3. The number of ether oxygens (including phenoxy) is 1. The molecule has 1 heterocycles. The minimum atomic E-state index is -0.253. The molecule has 1 aromatic carbocycles. The van der Waals surface area contributed by atoms with Crippen LogP contribution in [0.2, 0.25) is 5.02 Å². The molecular formula is C20H28ClN3O4. The standard InChI is InChI=1S/C20H28ClN3O4/c1-4-5-9-18(25)22(10-11-28-3)12-19(26)23-13-20(27)24(14-23)17-8-6-7-16(21)15(17)2/h6-8H,4-5,9-14H2,1-3H3. The van der Waals surface area contributed by atoms with Gasteiger partial charge in [0.25, 0.3) is 0 Å². The number of methoxy groups -OCH3 is 1. The molecule has 0 aromatic heterocycles. The van der Waals surface area contributed by atoms with E-state index >= 15 is 0 Å². The molecule has 0 aliphatic carbocycles. The highest BCUT2D eigenvalue weighted by molar-refractivity contribution is 6.31. The average molecular weight is 410 g/mol. The van der Waals surface area contributed by atoms with Crippen molar-refractivity contribution in [2.24, 2.45) is 0 Å². The van der Waals surface area contributed by atoms with Crippen molar-refractivity contribution in [3.8, 4) is 0 Å². The lowest BCUT2D eigenvalue weighted by molar-refractivity contribution is -0.140. The monoisotopic (exact) mass is 409 g/mol. The highest BCUT2D eigenvalue weighted by Gasteiger charge is 2.33. The zero-order chi connectivity index (χ0) is 20.7. The number of halogens is 1. The normalized spacial score (nSPS) is 13.9. The van der Waals surface area contributed by atoms with Crippen LogP contribution in [-0.2, 0) is 19.1 Å². The third kappa shape index (κ3) is 5.45. The average Bonchev–Trinajstić information content (AvgIpc) is 3.06. The van der Waals surface area contributed by atoms with Gasteiger partial charge in [0, 0.05) is 30.8 Å². The molecular weight excluding hydrogens is 382 g/mol. The van der Waals surface area contributed by atoms with Gasteiger partial charge in [-0.05, 0) is 31.0 Å². The van der Waals surface area contributed by atoms with Crippen molar-refractivity contribution in [1.29, 1.82) is 0 Å². The van der Waals surface area contributed by atoms with Crippen LogP contribution in [0.4, 0.5) is 5.69 Å². The first-order valence-corrected chi connectivity index (χ1v) is 9.86.